The van der Waals surface area contributed by atoms with Gasteiger partial charge < -0.3 is 4.74 Å². The number of nitrogens with one attached hydrogen (secondary N) is 1. The Morgan fingerprint density at radius 2 is 1.95 bits per heavy atom. The molecule has 114 valence electrons. The second-order valence-corrected chi connectivity index (χ2v) is 6.21. The zero-order valence-electron chi connectivity index (χ0n) is 12.5. The highest BCUT2D eigenvalue weighted by Gasteiger charge is 2.02. The van der Waals surface area contributed by atoms with Crippen molar-refractivity contribution in [3.05, 3.63) is 62.7 Å². The average Bonchev–Trinajstić information content (AvgIpc) is 2.44. The predicted octanol–water partition coefficient (Wildman–Crippen LogP) is 3.44. The number of hydrazone groups is 1. The van der Waals surface area contributed by atoms with Crippen LogP contribution in [0.15, 0.2) is 47.6 Å². The molecule has 1 N–H and O–H groups in total. The number of hydrogen-bond acceptors (Lipinski definition) is 3. The van der Waals surface area contributed by atoms with Crippen LogP contribution in [0, 0.1) is 17.4 Å². The van der Waals surface area contributed by atoms with Crippen molar-refractivity contribution in [1.29, 1.82) is 0 Å². The highest BCUT2D eigenvalue weighted by atomic mass is 127. The number of hydrogen-bond donors (Lipinski definition) is 1. The van der Waals surface area contributed by atoms with E-state index in [9.17, 15) is 4.79 Å². The molecule has 0 aliphatic carbocycles. The molecular formula is C17H17IN2O2. The molecule has 2 aromatic carbocycles. The van der Waals surface area contributed by atoms with Gasteiger partial charge in [0.05, 0.1) is 6.21 Å². The minimum atomic E-state index is -0.291. The van der Waals surface area contributed by atoms with E-state index in [4.69, 9.17) is 4.74 Å². The van der Waals surface area contributed by atoms with Crippen molar-refractivity contribution in [2.45, 2.75) is 13.8 Å². The number of halogens is 1. The molecule has 4 nitrogen and oxygen atoms in total. The van der Waals surface area contributed by atoms with Crippen molar-refractivity contribution in [1.82, 2.24) is 5.43 Å². The van der Waals surface area contributed by atoms with E-state index in [1.54, 1.807) is 6.21 Å². The second-order valence-electron chi connectivity index (χ2n) is 4.96. The van der Waals surface area contributed by atoms with Crippen LogP contribution in [0.5, 0.6) is 5.75 Å². The molecule has 22 heavy (non-hydrogen) atoms. The Balaban J connectivity index is 1.83. The SMILES string of the molecule is Cc1cc(C)cc(OCC(=O)N/N=C\c2cccc(I)c2)c1. The Labute approximate surface area is 143 Å². The first-order chi connectivity index (χ1) is 10.5. The lowest BCUT2D eigenvalue weighted by atomic mass is 10.1. The van der Waals surface area contributed by atoms with Crippen molar-refractivity contribution < 1.29 is 9.53 Å². The number of carbonyl (C=O) groups excluding carboxylic acids is 1. The topological polar surface area (TPSA) is 50.7 Å². The molecule has 2 aromatic rings. The highest BCUT2D eigenvalue weighted by molar-refractivity contribution is 14.1. The molecule has 2 rings (SSSR count). The molecule has 0 fully saturated rings. The Morgan fingerprint density at radius 3 is 2.64 bits per heavy atom. The molecule has 0 saturated carbocycles. The molecule has 0 atom stereocenters. The molecule has 0 aromatic heterocycles. The maximum absolute atomic E-state index is 11.7. The van der Waals surface area contributed by atoms with E-state index >= 15 is 0 Å². The van der Waals surface area contributed by atoms with Gasteiger partial charge in [0, 0.05) is 3.57 Å². The number of nitrogens with zero attached hydrogens (tertiary/aromatic N) is 1. The van der Waals surface area contributed by atoms with Crippen molar-refractivity contribution in [2.75, 3.05) is 6.61 Å². The lowest BCUT2D eigenvalue weighted by Gasteiger charge is -2.07. The summed E-state index contributed by atoms with van der Waals surface area (Å²) in [6.45, 7) is 3.92. The maximum Gasteiger partial charge on any atom is 0.277 e. The van der Waals surface area contributed by atoms with E-state index in [1.807, 2.05) is 50.2 Å². The molecule has 0 aliphatic heterocycles. The zero-order valence-corrected chi connectivity index (χ0v) is 14.6. The molecular weight excluding hydrogens is 391 g/mol. The molecule has 0 bridgehead atoms. The average molecular weight is 408 g/mol. The van der Waals surface area contributed by atoms with Gasteiger partial charge in [-0.1, -0.05) is 18.2 Å². The van der Waals surface area contributed by atoms with Gasteiger partial charge in [-0.15, -0.1) is 0 Å². The second kappa shape index (κ2) is 7.93. The Kier molecular flexibility index (Phi) is 5.94. The monoisotopic (exact) mass is 408 g/mol. The zero-order chi connectivity index (χ0) is 15.9. The summed E-state index contributed by atoms with van der Waals surface area (Å²) in [7, 11) is 0. The maximum atomic E-state index is 11.7. The Bertz CT molecular complexity index is 679. The van der Waals surface area contributed by atoms with Gasteiger partial charge in [0.25, 0.3) is 5.91 Å². The summed E-state index contributed by atoms with van der Waals surface area (Å²) in [5.41, 5.74) is 5.59. The fraction of sp³-hybridized carbons (Fsp3) is 0.176. The fourth-order valence-corrected chi connectivity index (χ4v) is 2.53. The van der Waals surface area contributed by atoms with Crippen LogP contribution < -0.4 is 10.2 Å². The van der Waals surface area contributed by atoms with E-state index in [2.05, 4.69) is 39.2 Å². The number of benzene rings is 2. The van der Waals surface area contributed by atoms with Gasteiger partial charge in [-0.25, -0.2) is 5.43 Å². The van der Waals surface area contributed by atoms with Gasteiger partial charge in [-0.05, 0) is 77.4 Å². The van der Waals surface area contributed by atoms with Gasteiger partial charge >= 0.3 is 0 Å². The summed E-state index contributed by atoms with van der Waals surface area (Å²) in [6.07, 6.45) is 1.61. The van der Waals surface area contributed by atoms with Crippen molar-refractivity contribution in [2.24, 2.45) is 5.10 Å². The molecule has 0 saturated heterocycles. The van der Waals surface area contributed by atoms with Crippen molar-refractivity contribution in [3.63, 3.8) is 0 Å². The van der Waals surface area contributed by atoms with E-state index in [-0.39, 0.29) is 12.5 Å². The van der Waals surface area contributed by atoms with Crippen LogP contribution >= 0.6 is 22.6 Å². The standard InChI is InChI=1S/C17H17IN2O2/c1-12-6-13(2)8-16(7-12)22-11-17(21)20-19-10-14-4-3-5-15(18)9-14/h3-10H,11H2,1-2H3,(H,20,21)/b19-10-. The van der Waals surface area contributed by atoms with E-state index < -0.39 is 0 Å². The van der Waals surface area contributed by atoms with Gasteiger partial charge in [-0.3, -0.25) is 4.79 Å². The van der Waals surface area contributed by atoms with Crippen LogP contribution in [0.25, 0.3) is 0 Å². The summed E-state index contributed by atoms with van der Waals surface area (Å²) >= 11 is 2.23. The highest BCUT2D eigenvalue weighted by Crippen LogP contribution is 2.15. The molecule has 0 spiro atoms. The summed E-state index contributed by atoms with van der Waals surface area (Å²) < 4.78 is 6.58. The minimum Gasteiger partial charge on any atom is -0.484 e. The number of aryl methyl sites for hydroxylation is 2. The van der Waals surface area contributed by atoms with Crippen LogP contribution in [0.4, 0.5) is 0 Å². The van der Waals surface area contributed by atoms with Gasteiger partial charge in [-0.2, -0.15) is 5.10 Å². The van der Waals surface area contributed by atoms with E-state index in [0.717, 1.165) is 20.3 Å². The normalized spacial score (nSPS) is 10.7. The summed E-state index contributed by atoms with van der Waals surface area (Å²) in [4.78, 5) is 11.7. The molecule has 0 aliphatic rings. The Morgan fingerprint density at radius 1 is 1.23 bits per heavy atom. The lowest BCUT2D eigenvalue weighted by molar-refractivity contribution is -0.123. The number of ether oxygens (including phenoxy) is 1. The van der Waals surface area contributed by atoms with Crippen molar-refractivity contribution >= 4 is 34.7 Å². The minimum absolute atomic E-state index is 0.0629. The lowest BCUT2D eigenvalue weighted by Crippen LogP contribution is -2.24. The molecule has 0 radical (unpaired) electrons. The summed E-state index contributed by atoms with van der Waals surface area (Å²) in [6, 6.07) is 13.7. The summed E-state index contributed by atoms with van der Waals surface area (Å²) in [5, 5.41) is 3.92. The first-order valence-electron chi connectivity index (χ1n) is 6.81. The van der Waals surface area contributed by atoms with E-state index in [1.165, 1.54) is 0 Å². The first-order valence-corrected chi connectivity index (χ1v) is 7.89. The smallest absolute Gasteiger partial charge is 0.277 e. The third kappa shape index (κ3) is 5.48. The largest absolute Gasteiger partial charge is 0.484 e. The fourth-order valence-electron chi connectivity index (χ4n) is 1.96. The molecule has 0 unspecified atom stereocenters. The summed E-state index contributed by atoms with van der Waals surface area (Å²) in [5.74, 6) is 0.398. The Hall–Kier alpha value is -1.89. The van der Waals surface area contributed by atoms with Crippen LogP contribution in [0.3, 0.4) is 0 Å². The van der Waals surface area contributed by atoms with Crippen LogP contribution in [0.2, 0.25) is 0 Å². The van der Waals surface area contributed by atoms with Crippen LogP contribution in [-0.2, 0) is 4.79 Å². The van der Waals surface area contributed by atoms with Crippen LogP contribution in [0.1, 0.15) is 16.7 Å². The van der Waals surface area contributed by atoms with Crippen LogP contribution in [-0.4, -0.2) is 18.7 Å². The van der Waals surface area contributed by atoms with Crippen molar-refractivity contribution in [3.8, 4) is 5.75 Å². The first kappa shape index (κ1) is 16.5. The van der Waals surface area contributed by atoms with Gasteiger partial charge in [0.2, 0.25) is 0 Å². The number of carbonyl (C=O) groups is 1. The van der Waals surface area contributed by atoms with E-state index in [0.29, 0.717) is 5.75 Å². The third-order valence-electron chi connectivity index (χ3n) is 2.82. The predicted molar refractivity (Wildman–Crippen MR) is 96.3 cm³/mol. The molecule has 0 heterocycles. The van der Waals surface area contributed by atoms with Gasteiger partial charge in [0.1, 0.15) is 5.75 Å². The molecule has 1 amide bonds. The van der Waals surface area contributed by atoms with Gasteiger partial charge in [0.15, 0.2) is 6.61 Å². The number of rotatable bonds is 5. The quantitative estimate of drug-likeness (QED) is 0.468. The third-order valence-corrected chi connectivity index (χ3v) is 3.49. The molecule has 5 heteroatoms. The number of amides is 1.